The van der Waals surface area contributed by atoms with E-state index in [2.05, 4.69) is 58.7 Å². The molecule has 0 spiro atoms. The summed E-state index contributed by atoms with van der Waals surface area (Å²) in [5, 5.41) is 2.27. The molecule has 0 aliphatic carbocycles. The van der Waals surface area contributed by atoms with Crippen LogP contribution in [-0.2, 0) is 0 Å². The zero-order valence-electron chi connectivity index (χ0n) is 17.1. The second-order valence-electron chi connectivity index (χ2n) is 8.18. The van der Waals surface area contributed by atoms with E-state index >= 15 is 0 Å². The van der Waals surface area contributed by atoms with E-state index < -0.39 is 19.2 Å². The van der Waals surface area contributed by atoms with Crippen LogP contribution in [0.15, 0.2) is 59.1 Å². The fraction of sp³-hybridized carbons (Fsp3) is 0.261. The van der Waals surface area contributed by atoms with Crippen LogP contribution in [-0.4, -0.2) is 18.3 Å². The van der Waals surface area contributed by atoms with Crippen molar-refractivity contribution in [2.45, 2.75) is 37.0 Å². The van der Waals surface area contributed by atoms with E-state index in [0.29, 0.717) is 0 Å². The van der Waals surface area contributed by atoms with Gasteiger partial charge < -0.3 is 0 Å². The second kappa shape index (κ2) is 6.27. The number of benzene rings is 2. The Morgan fingerprint density at radius 3 is 2.54 bits per heavy atom. The van der Waals surface area contributed by atoms with Gasteiger partial charge in [-0.15, -0.1) is 0 Å². The quantitative estimate of drug-likeness (QED) is 0.373. The molecular weight excluding hydrogens is 379 g/mol. The molecule has 0 N–H and O–H groups in total. The molecule has 0 fully saturated rings. The van der Waals surface area contributed by atoms with Gasteiger partial charge in [-0.3, -0.25) is 0 Å². The second-order valence-corrected chi connectivity index (χ2v) is 18.8. The van der Waals surface area contributed by atoms with Crippen molar-refractivity contribution in [3.63, 3.8) is 0 Å². The zero-order chi connectivity index (χ0) is 19.4. The van der Waals surface area contributed by atoms with E-state index in [1.54, 1.807) is 6.20 Å². The van der Waals surface area contributed by atoms with Gasteiger partial charge in [-0.05, 0) is 0 Å². The van der Waals surface area contributed by atoms with Crippen molar-refractivity contribution in [1.82, 2.24) is 4.98 Å². The average Bonchev–Trinajstić information content (AvgIpc) is 2.98. The molecule has 0 bridgehead atoms. The maximum absolute atomic E-state index is 8.32. The number of furan rings is 1. The van der Waals surface area contributed by atoms with Crippen LogP contribution in [0.3, 0.4) is 0 Å². The van der Waals surface area contributed by atoms with E-state index in [9.17, 15) is 0 Å². The first-order chi connectivity index (χ1) is 12.6. The third-order valence-corrected chi connectivity index (χ3v) is 9.26. The van der Waals surface area contributed by atoms with Crippen LogP contribution in [0.5, 0.6) is 0 Å². The minimum absolute atomic E-state index is 0.659. The number of hydrogen-bond acceptors (Lipinski definition) is 2. The SMILES string of the molecule is [2H]C(C)(C)c1ccnc(-c2cccc3c2oc2c[c]([Ge]([CH3])([CH3])[CH3])ccc23)c1. The minimum atomic E-state index is -1.91. The van der Waals surface area contributed by atoms with Crippen LogP contribution in [0.4, 0.5) is 0 Å². The monoisotopic (exact) mass is 406 g/mol. The third-order valence-electron chi connectivity index (χ3n) is 4.98. The van der Waals surface area contributed by atoms with Crippen molar-refractivity contribution in [2.75, 3.05) is 0 Å². The van der Waals surface area contributed by atoms with Gasteiger partial charge in [-0.25, -0.2) is 0 Å². The molecule has 0 saturated heterocycles. The van der Waals surface area contributed by atoms with Gasteiger partial charge in [0.2, 0.25) is 0 Å². The Labute approximate surface area is 159 Å². The molecular formula is C23H25GeNO. The molecule has 26 heavy (non-hydrogen) atoms. The van der Waals surface area contributed by atoms with Crippen LogP contribution in [0.2, 0.25) is 17.3 Å². The summed E-state index contributed by atoms with van der Waals surface area (Å²) in [5.41, 5.74) is 4.61. The summed E-state index contributed by atoms with van der Waals surface area (Å²) < 4.78 is 16.1. The number of fused-ring (bicyclic) bond motifs is 3. The van der Waals surface area contributed by atoms with E-state index in [1.807, 2.05) is 26.0 Å². The Morgan fingerprint density at radius 2 is 1.81 bits per heavy atom. The van der Waals surface area contributed by atoms with Gasteiger partial charge in [-0.2, -0.15) is 0 Å². The zero-order valence-corrected chi connectivity index (χ0v) is 18.1. The van der Waals surface area contributed by atoms with E-state index in [-0.39, 0.29) is 0 Å². The summed E-state index contributed by atoms with van der Waals surface area (Å²) in [6.07, 6.45) is 1.79. The Hall–Kier alpha value is -2.07. The molecule has 0 aliphatic rings. The van der Waals surface area contributed by atoms with Gasteiger partial charge in [0.1, 0.15) is 0 Å². The maximum atomic E-state index is 8.32. The molecule has 0 unspecified atom stereocenters. The Morgan fingerprint density at radius 1 is 1.00 bits per heavy atom. The standard InChI is InChI=1S/C23H25GeNO/c1-15(2)16-11-12-25-21(13-16)20-8-6-7-19-18-10-9-17(24(3,4)5)14-22(18)26-23(19)20/h6-15H,1-5H3/i15D. The van der Waals surface area contributed by atoms with Crippen LogP contribution in [0.1, 0.15) is 26.7 Å². The number of hydrogen-bond donors (Lipinski definition) is 0. The molecule has 2 nitrogen and oxygen atoms in total. The van der Waals surface area contributed by atoms with Crippen molar-refractivity contribution in [3.05, 3.63) is 60.3 Å². The van der Waals surface area contributed by atoms with Gasteiger partial charge >= 0.3 is 159 Å². The molecule has 2 aromatic carbocycles. The summed E-state index contributed by atoms with van der Waals surface area (Å²) in [4.78, 5) is 4.57. The topological polar surface area (TPSA) is 26.0 Å². The number of para-hydroxylation sites is 1. The predicted molar refractivity (Wildman–Crippen MR) is 114 cm³/mol. The summed E-state index contributed by atoms with van der Waals surface area (Å²) >= 11 is -1.91. The van der Waals surface area contributed by atoms with Gasteiger partial charge in [-0.1, -0.05) is 0 Å². The van der Waals surface area contributed by atoms with Crippen molar-refractivity contribution in [2.24, 2.45) is 0 Å². The number of rotatable bonds is 3. The van der Waals surface area contributed by atoms with Crippen molar-refractivity contribution >= 4 is 39.6 Å². The van der Waals surface area contributed by atoms with Crippen molar-refractivity contribution < 1.29 is 5.79 Å². The van der Waals surface area contributed by atoms with Crippen molar-refractivity contribution in [3.8, 4) is 11.3 Å². The number of nitrogens with zero attached hydrogens (tertiary/aromatic N) is 1. The van der Waals surface area contributed by atoms with E-state index in [1.165, 1.54) is 4.40 Å². The van der Waals surface area contributed by atoms with E-state index in [0.717, 1.165) is 38.8 Å². The molecule has 0 aliphatic heterocycles. The summed E-state index contributed by atoms with van der Waals surface area (Å²) in [6, 6.07) is 16.8. The molecule has 0 amide bonds. The molecule has 4 rings (SSSR count). The Kier molecular flexibility index (Phi) is 3.89. The third kappa shape index (κ3) is 2.97. The van der Waals surface area contributed by atoms with Crippen molar-refractivity contribution in [1.29, 1.82) is 0 Å². The first-order valence-corrected chi connectivity index (χ1v) is 16.4. The van der Waals surface area contributed by atoms with Crippen LogP contribution < -0.4 is 4.40 Å². The summed E-state index contributed by atoms with van der Waals surface area (Å²) in [5.74, 6) is 6.53. The molecule has 132 valence electrons. The summed E-state index contributed by atoms with van der Waals surface area (Å²) in [6.45, 7) is 3.79. The first-order valence-electron chi connectivity index (χ1n) is 9.57. The fourth-order valence-corrected chi connectivity index (χ4v) is 5.76. The van der Waals surface area contributed by atoms with Crippen LogP contribution in [0, 0.1) is 0 Å². The van der Waals surface area contributed by atoms with Gasteiger partial charge in [0.05, 0.1) is 0 Å². The normalized spacial score (nSPS) is 13.3. The average molecular weight is 405 g/mol. The van der Waals surface area contributed by atoms with Crippen LogP contribution in [0.25, 0.3) is 33.2 Å². The molecule has 4 aromatic rings. The fourth-order valence-electron chi connectivity index (χ4n) is 3.36. The summed E-state index contributed by atoms with van der Waals surface area (Å²) in [7, 11) is 0. The van der Waals surface area contributed by atoms with Gasteiger partial charge in [0.25, 0.3) is 0 Å². The molecule has 0 radical (unpaired) electrons. The van der Waals surface area contributed by atoms with Crippen LogP contribution >= 0.6 is 0 Å². The van der Waals surface area contributed by atoms with Gasteiger partial charge in [0.15, 0.2) is 0 Å². The first kappa shape index (κ1) is 16.1. The van der Waals surface area contributed by atoms with Gasteiger partial charge in [0, 0.05) is 0 Å². The van der Waals surface area contributed by atoms with E-state index in [4.69, 9.17) is 5.79 Å². The molecule has 2 heterocycles. The Balaban J connectivity index is 1.95. The Bertz CT molecular complexity index is 1150. The molecule has 0 saturated carbocycles. The molecule has 3 heteroatoms. The predicted octanol–water partition coefficient (Wildman–Crippen LogP) is 6.32. The molecule has 0 atom stereocenters. The number of aromatic nitrogens is 1. The number of pyridine rings is 1. The molecule has 2 aromatic heterocycles.